The van der Waals surface area contributed by atoms with Crippen LogP contribution in [0.4, 0.5) is 0 Å². The van der Waals surface area contributed by atoms with Crippen LogP contribution in [0.3, 0.4) is 0 Å². The molecule has 1 heteroatoms. The molecule has 0 unspecified atom stereocenters. The molecule has 0 atom stereocenters. The van der Waals surface area contributed by atoms with Crippen molar-refractivity contribution in [1.82, 2.24) is 0 Å². The summed E-state index contributed by atoms with van der Waals surface area (Å²) in [7, 11) is 0. The predicted octanol–water partition coefficient (Wildman–Crippen LogP) is 5.92. The Labute approximate surface area is 125 Å². The number of halogens is 1. The van der Waals surface area contributed by atoms with Gasteiger partial charge in [0.2, 0.25) is 0 Å². The minimum atomic E-state index is 0.820. The highest BCUT2D eigenvalue weighted by molar-refractivity contribution is 9.09. The smallest absolute Gasteiger partial charge is 0.0247 e. The van der Waals surface area contributed by atoms with Gasteiger partial charge in [-0.2, -0.15) is 0 Å². The molecule has 19 heavy (non-hydrogen) atoms. The highest BCUT2D eigenvalue weighted by Gasteiger charge is 2.25. The fourth-order valence-corrected chi connectivity index (χ4v) is 3.97. The van der Waals surface area contributed by atoms with Crippen LogP contribution in [0, 0.1) is 5.92 Å². The van der Waals surface area contributed by atoms with Gasteiger partial charge in [0.05, 0.1) is 0 Å². The molecule has 0 aliphatic heterocycles. The lowest BCUT2D eigenvalue weighted by Crippen LogP contribution is -2.10. The molecule has 3 rings (SSSR count). The van der Waals surface area contributed by atoms with E-state index in [2.05, 4.69) is 46.3 Å². The average Bonchev–Trinajstić information content (AvgIpc) is 3.31. The zero-order valence-corrected chi connectivity index (χ0v) is 13.2. The third kappa shape index (κ3) is 3.31. The zero-order chi connectivity index (χ0) is 13.1. The van der Waals surface area contributed by atoms with Gasteiger partial charge >= 0.3 is 0 Å². The molecule has 2 aliphatic carbocycles. The van der Waals surface area contributed by atoms with Crippen molar-refractivity contribution in [2.24, 2.45) is 5.92 Å². The van der Waals surface area contributed by atoms with Crippen molar-refractivity contribution < 1.29 is 0 Å². The Kier molecular flexibility index (Phi) is 4.42. The van der Waals surface area contributed by atoms with Crippen molar-refractivity contribution in [2.45, 2.75) is 50.9 Å². The SMILES string of the molecule is BrCC(=Cc1ccccc1C1CC1)C1CCCCC1. The molecule has 0 N–H and O–H groups in total. The van der Waals surface area contributed by atoms with Crippen LogP contribution < -0.4 is 0 Å². The summed E-state index contributed by atoms with van der Waals surface area (Å²) in [6.07, 6.45) is 12.3. The maximum atomic E-state index is 3.72. The van der Waals surface area contributed by atoms with Gasteiger partial charge in [-0.05, 0) is 48.6 Å². The van der Waals surface area contributed by atoms with Gasteiger partial charge in [-0.15, -0.1) is 0 Å². The molecule has 0 aromatic heterocycles. The van der Waals surface area contributed by atoms with E-state index < -0.39 is 0 Å². The van der Waals surface area contributed by atoms with Gasteiger partial charge in [0.1, 0.15) is 0 Å². The van der Waals surface area contributed by atoms with Gasteiger partial charge in [0, 0.05) is 5.33 Å². The summed E-state index contributed by atoms with van der Waals surface area (Å²) in [5, 5.41) is 1.04. The first-order chi connectivity index (χ1) is 9.38. The van der Waals surface area contributed by atoms with Crippen LogP contribution >= 0.6 is 15.9 Å². The highest BCUT2D eigenvalue weighted by Crippen LogP contribution is 2.42. The molecule has 2 saturated carbocycles. The minimum absolute atomic E-state index is 0.820. The second-order valence-electron chi connectivity index (χ2n) is 6.09. The molecule has 1 aromatic carbocycles. The maximum absolute atomic E-state index is 3.72. The standard InChI is InChI=1S/C18H23Br/c19-13-17(14-6-2-1-3-7-14)12-16-8-4-5-9-18(16)15-10-11-15/h4-5,8-9,12,14-15H,1-3,6-7,10-11,13H2. The molecule has 0 radical (unpaired) electrons. The van der Waals surface area contributed by atoms with E-state index in [1.165, 1.54) is 50.5 Å². The number of hydrogen-bond acceptors (Lipinski definition) is 0. The molecular formula is C18H23Br. The Morgan fingerprint density at radius 3 is 2.47 bits per heavy atom. The molecule has 0 heterocycles. The number of allylic oxidation sites excluding steroid dienone is 1. The molecule has 0 nitrogen and oxygen atoms in total. The topological polar surface area (TPSA) is 0 Å². The number of hydrogen-bond donors (Lipinski definition) is 0. The van der Waals surface area contributed by atoms with E-state index in [-0.39, 0.29) is 0 Å². The van der Waals surface area contributed by atoms with Crippen molar-refractivity contribution >= 4 is 22.0 Å². The summed E-state index contributed by atoms with van der Waals surface area (Å²) in [5.74, 6) is 1.66. The number of alkyl halides is 1. The van der Waals surface area contributed by atoms with E-state index in [0.717, 1.165) is 17.2 Å². The Morgan fingerprint density at radius 1 is 1.05 bits per heavy atom. The normalized spacial score (nSPS) is 21.6. The molecule has 0 bridgehead atoms. The van der Waals surface area contributed by atoms with Crippen LogP contribution in [-0.4, -0.2) is 5.33 Å². The van der Waals surface area contributed by atoms with Crippen molar-refractivity contribution in [2.75, 3.05) is 5.33 Å². The Hall–Kier alpha value is -0.560. The monoisotopic (exact) mass is 318 g/mol. The molecular weight excluding hydrogens is 296 g/mol. The van der Waals surface area contributed by atoms with Crippen LogP contribution in [0.15, 0.2) is 29.8 Å². The Balaban J connectivity index is 1.85. The summed E-state index contributed by atoms with van der Waals surface area (Å²) < 4.78 is 0. The van der Waals surface area contributed by atoms with Gasteiger partial charge < -0.3 is 0 Å². The first kappa shape index (κ1) is 13.4. The zero-order valence-electron chi connectivity index (χ0n) is 11.6. The summed E-state index contributed by atoms with van der Waals surface area (Å²) >= 11 is 3.72. The third-order valence-electron chi connectivity index (χ3n) is 4.64. The van der Waals surface area contributed by atoms with Gasteiger partial charge in [0.25, 0.3) is 0 Å². The minimum Gasteiger partial charge on any atom is -0.0880 e. The first-order valence-electron chi connectivity index (χ1n) is 7.74. The molecule has 2 fully saturated rings. The van der Waals surface area contributed by atoms with Crippen molar-refractivity contribution in [3.63, 3.8) is 0 Å². The highest BCUT2D eigenvalue weighted by atomic mass is 79.9. The van der Waals surface area contributed by atoms with Crippen LogP contribution in [0.5, 0.6) is 0 Å². The molecule has 102 valence electrons. The molecule has 1 aromatic rings. The van der Waals surface area contributed by atoms with Crippen LogP contribution in [-0.2, 0) is 0 Å². The maximum Gasteiger partial charge on any atom is 0.0247 e. The van der Waals surface area contributed by atoms with Gasteiger partial charge in [-0.25, -0.2) is 0 Å². The number of benzene rings is 1. The van der Waals surface area contributed by atoms with Crippen molar-refractivity contribution in [1.29, 1.82) is 0 Å². The Morgan fingerprint density at radius 2 is 1.79 bits per heavy atom. The molecule has 2 aliphatic rings. The van der Waals surface area contributed by atoms with E-state index in [9.17, 15) is 0 Å². The molecule has 0 spiro atoms. The van der Waals surface area contributed by atoms with E-state index in [4.69, 9.17) is 0 Å². The van der Waals surface area contributed by atoms with Crippen LogP contribution in [0.1, 0.15) is 62.0 Å². The largest absolute Gasteiger partial charge is 0.0880 e. The summed E-state index contributed by atoms with van der Waals surface area (Å²) in [6, 6.07) is 9.01. The second-order valence-corrected chi connectivity index (χ2v) is 6.65. The van der Waals surface area contributed by atoms with Crippen LogP contribution in [0.25, 0.3) is 6.08 Å². The quantitative estimate of drug-likeness (QED) is 0.604. The summed E-state index contributed by atoms with van der Waals surface area (Å²) in [4.78, 5) is 0. The fraction of sp³-hybridized carbons (Fsp3) is 0.556. The summed E-state index contributed by atoms with van der Waals surface area (Å²) in [5.41, 5.74) is 4.68. The van der Waals surface area contributed by atoms with Crippen LogP contribution in [0.2, 0.25) is 0 Å². The lowest BCUT2D eigenvalue weighted by atomic mass is 9.83. The lowest BCUT2D eigenvalue weighted by molar-refractivity contribution is 0.405. The number of rotatable bonds is 4. The van der Waals surface area contributed by atoms with Gasteiger partial charge in [-0.3, -0.25) is 0 Å². The van der Waals surface area contributed by atoms with Gasteiger partial charge in [0.15, 0.2) is 0 Å². The van der Waals surface area contributed by atoms with Crippen molar-refractivity contribution in [3.05, 3.63) is 41.0 Å². The summed E-state index contributed by atoms with van der Waals surface area (Å²) in [6.45, 7) is 0. The average molecular weight is 319 g/mol. The molecule has 0 amide bonds. The molecule has 0 saturated heterocycles. The fourth-order valence-electron chi connectivity index (χ4n) is 3.35. The van der Waals surface area contributed by atoms with Gasteiger partial charge in [-0.1, -0.05) is 71.1 Å². The lowest BCUT2D eigenvalue weighted by Gasteiger charge is -2.24. The van der Waals surface area contributed by atoms with E-state index in [0.29, 0.717) is 0 Å². The predicted molar refractivity (Wildman–Crippen MR) is 86.8 cm³/mol. The Bertz CT molecular complexity index is 451. The van der Waals surface area contributed by atoms with E-state index in [1.807, 2.05) is 0 Å². The van der Waals surface area contributed by atoms with Crippen molar-refractivity contribution in [3.8, 4) is 0 Å². The van der Waals surface area contributed by atoms with E-state index >= 15 is 0 Å². The second kappa shape index (κ2) is 6.26. The first-order valence-corrected chi connectivity index (χ1v) is 8.86. The third-order valence-corrected chi connectivity index (χ3v) is 5.29. The van der Waals surface area contributed by atoms with E-state index in [1.54, 1.807) is 11.1 Å².